The Kier molecular flexibility index (Phi) is 5.72. The van der Waals surface area contributed by atoms with Crippen LogP contribution in [0.1, 0.15) is 6.42 Å². The van der Waals surface area contributed by atoms with Gasteiger partial charge in [-0.2, -0.15) is 0 Å². The molecule has 152 valence electrons. The molecule has 3 aromatic rings. The Morgan fingerprint density at radius 1 is 1.07 bits per heavy atom. The van der Waals surface area contributed by atoms with Gasteiger partial charge in [0.15, 0.2) is 5.58 Å². The zero-order valence-corrected chi connectivity index (χ0v) is 17.5. The number of benzene rings is 1. The fourth-order valence-corrected chi connectivity index (χ4v) is 4.09. The van der Waals surface area contributed by atoms with E-state index in [1.54, 1.807) is 35.4 Å². The lowest BCUT2D eigenvalue weighted by molar-refractivity contribution is -0.131. The summed E-state index contributed by atoms with van der Waals surface area (Å²) >= 11 is 18.0. The van der Waals surface area contributed by atoms with Crippen molar-refractivity contribution in [2.75, 3.05) is 31.1 Å². The SMILES string of the molecule is O=C(CCn1c(=O)oc2cc(Cl)ccc21)N1CCN(c2ncc(Cl)cc2Cl)CC1. The summed E-state index contributed by atoms with van der Waals surface area (Å²) in [5.41, 5.74) is 1.04. The monoisotopic (exact) mass is 454 g/mol. The first-order valence-corrected chi connectivity index (χ1v) is 10.2. The van der Waals surface area contributed by atoms with E-state index in [1.165, 1.54) is 4.57 Å². The molecule has 1 aromatic carbocycles. The fourth-order valence-electron chi connectivity index (χ4n) is 3.43. The predicted octanol–water partition coefficient (Wildman–Crippen LogP) is 3.69. The molecular formula is C19H17Cl3N4O3. The molecular weight excluding hydrogens is 439 g/mol. The molecule has 0 saturated carbocycles. The summed E-state index contributed by atoms with van der Waals surface area (Å²) in [7, 11) is 0. The minimum absolute atomic E-state index is 0.0185. The molecule has 1 aliphatic rings. The molecule has 1 amide bonds. The van der Waals surface area contributed by atoms with Crippen molar-refractivity contribution in [3.8, 4) is 0 Å². The van der Waals surface area contributed by atoms with Crippen LogP contribution in [0.3, 0.4) is 0 Å². The van der Waals surface area contributed by atoms with Crippen LogP contribution in [0.4, 0.5) is 5.82 Å². The number of fused-ring (bicyclic) bond motifs is 1. The molecule has 0 bridgehead atoms. The van der Waals surface area contributed by atoms with Crippen LogP contribution in [-0.4, -0.2) is 46.5 Å². The van der Waals surface area contributed by atoms with Crippen molar-refractivity contribution >= 4 is 57.6 Å². The van der Waals surface area contributed by atoms with E-state index in [0.29, 0.717) is 58.2 Å². The third-order valence-electron chi connectivity index (χ3n) is 4.90. The van der Waals surface area contributed by atoms with Crippen molar-refractivity contribution in [2.45, 2.75) is 13.0 Å². The summed E-state index contributed by atoms with van der Waals surface area (Å²) in [5.74, 6) is 0.150. The third kappa shape index (κ3) is 4.22. The number of anilines is 1. The number of pyridine rings is 1. The first-order chi connectivity index (χ1) is 13.9. The number of halogens is 3. The second-order valence-corrected chi connectivity index (χ2v) is 7.99. The van der Waals surface area contributed by atoms with Gasteiger partial charge in [-0.25, -0.2) is 9.78 Å². The predicted molar refractivity (Wildman–Crippen MR) is 113 cm³/mol. The lowest BCUT2D eigenvalue weighted by Gasteiger charge is -2.35. The number of hydrogen-bond donors (Lipinski definition) is 0. The molecule has 4 rings (SSSR count). The molecule has 0 unspecified atom stereocenters. The highest BCUT2D eigenvalue weighted by Crippen LogP contribution is 2.27. The number of nitrogens with zero attached hydrogens (tertiary/aromatic N) is 4. The number of hydrogen-bond acceptors (Lipinski definition) is 5. The third-order valence-corrected chi connectivity index (χ3v) is 5.62. The van der Waals surface area contributed by atoms with E-state index in [2.05, 4.69) is 4.98 Å². The highest BCUT2D eigenvalue weighted by Gasteiger charge is 2.23. The number of aromatic nitrogens is 2. The Bertz CT molecular complexity index is 1120. The van der Waals surface area contributed by atoms with Gasteiger partial charge in [-0.15, -0.1) is 0 Å². The van der Waals surface area contributed by atoms with E-state index >= 15 is 0 Å². The first-order valence-electron chi connectivity index (χ1n) is 9.05. The van der Waals surface area contributed by atoms with Gasteiger partial charge in [-0.3, -0.25) is 9.36 Å². The molecule has 0 spiro atoms. The van der Waals surface area contributed by atoms with E-state index in [-0.39, 0.29) is 18.9 Å². The molecule has 10 heteroatoms. The maximum atomic E-state index is 12.6. The number of piperazine rings is 1. The lowest BCUT2D eigenvalue weighted by atomic mass is 10.2. The first kappa shape index (κ1) is 20.1. The number of amides is 1. The van der Waals surface area contributed by atoms with Gasteiger partial charge >= 0.3 is 5.76 Å². The maximum absolute atomic E-state index is 12.6. The maximum Gasteiger partial charge on any atom is 0.419 e. The number of aryl methyl sites for hydroxylation is 1. The molecule has 0 radical (unpaired) electrons. The second kappa shape index (κ2) is 8.26. The number of carbonyl (C=O) groups is 1. The Morgan fingerprint density at radius 3 is 2.55 bits per heavy atom. The molecule has 3 heterocycles. The summed E-state index contributed by atoms with van der Waals surface area (Å²) in [6, 6.07) is 6.65. The largest absolute Gasteiger partial charge is 0.419 e. The van der Waals surface area contributed by atoms with Crippen LogP contribution in [0, 0.1) is 0 Å². The molecule has 0 atom stereocenters. The zero-order valence-electron chi connectivity index (χ0n) is 15.3. The number of rotatable bonds is 4. The summed E-state index contributed by atoms with van der Waals surface area (Å²) in [5, 5.41) is 1.46. The van der Waals surface area contributed by atoms with Gasteiger partial charge < -0.3 is 14.2 Å². The number of carbonyl (C=O) groups excluding carboxylic acids is 1. The molecule has 29 heavy (non-hydrogen) atoms. The second-order valence-electron chi connectivity index (χ2n) is 6.71. The standard InChI is InChI=1S/C19H17Cl3N4O3/c20-12-1-2-15-16(10-12)29-19(28)26(15)4-3-17(27)24-5-7-25(8-6-24)18-14(22)9-13(21)11-23-18/h1-2,9-11H,3-8H2. The normalized spacial score (nSPS) is 14.6. The highest BCUT2D eigenvalue weighted by atomic mass is 35.5. The Morgan fingerprint density at radius 2 is 1.83 bits per heavy atom. The molecule has 7 nitrogen and oxygen atoms in total. The van der Waals surface area contributed by atoms with Gasteiger partial charge in [0.25, 0.3) is 0 Å². The molecule has 1 fully saturated rings. The highest BCUT2D eigenvalue weighted by molar-refractivity contribution is 6.36. The van der Waals surface area contributed by atoms with Crippen LogP contribution in [0.25, 0.3) is 11.1 Å². The summed E-state index contributed by atoms with van der Waals surface area (Å²) < 4.78 is 6.66. The van der Waals surface area contributed by atoms with Crippen molar-refractivity contribution < 1.29 is 9.21 Å². The van der Waals surface area contributed by atoms with Gasteiger partial charge in [0.05, 0.1) is 15.6 Å². The quantitative estimate of drug-likeness (QED) is 0.600. The van der Waals surface area contributed by atoms with Gasteiger partial charge in [-0.05, 0) is 18.2 Å². The van der Waals surface area contributed by atoms with Crippen molar-refractivity contribution in [3.63, 3.8) is 0 Å². The minimum Gasteiger partial charge on any atom is -0.408 e. The topological polar surface area (TPSA) is 71.6 Å². The molecule has 1 aliphatic heterocycles. The van der Waals surface area contributed by atoms with Crippen LogP contribution in [0.15, 0.2) is 39.7 Å². The van der Waals surface area contributed by atoms with Crippen LogP contribution in [0.5, 0.6) is 0 Å². The minimum atomic E-state index is -0.497. The van der Waals surface area contributed by atoms with Crippen LogP contribution >= 0.6 is 34.8 Å². The van der Waals surface area contributed by atoms with Crippen LogP contribution in [-0.2, 0) is 11.3 Å². The smallest absolute Gasteiger partial charge is 0.408 e. The van der Waals surface area contributed by atoms with Crippen molar-refractivity contribution in [2.24, 2.45) is 0 Å². The Hall–Kier alpha value is -2.22. The van der Waals surface area contributed by atoms with E-state index in [4.69, 9.17) is 39.2 Å². The van der Waals surface area contributed by atoms with Gasteiger partial charge in [0.2, 0.25) is 5.91 Å². The van der Waals surface area contributed by atoms with Crippen molar-refractivity contribution in [3.05, 3.63) is 56.1 Å². The average molecular weight is 456 g/mol. The van der Waals surface area contributed by atoms with Crippen LogP contribution in [0.2, 0.25) is 15.1 Å². The van der Waals surface area contributed by atoms with E-state index in [1.807, 2.05) is 4.90 Å². The van der Waals surface area contributed by atoms with Gasteiger partial charge in [0, 0.05) is 56.4 Å². The Balaban J connectivity index is 1.37. The fraction of sp³-hybridized carbons (Fsp3) is 0.316. The Labute approximate surface area is 181 Å². The number of oxazole rings is 1. The van der Waals surface area contributed by atoms with Crippen molar-refractivity contribution in [1.82, 2.24) is 14.5 Å². The molecule has 1 saturated heterocycles. The molecule has 0 aliphatic carbocycles. The lowest BCUT2D eigenvalue weighted by Crippen LogP contribution is -2.49. The van der Waals surface area contributed by atoms with E-state index in [9.17, 15) is 9.59 Å². The average Bonchev–Trinajstić information content (AvgIpc) is 3.00. The van der Waals surface area contributed by atoms with Crippen molar-refractivity contribution in [1.29, 1.82) is 0 Å². The van der Waals surface area contributed by atoms with E-state index in [0.717, 1.165) is 0 Å². The molecule has 0 N–H and O–H groups in total. The van der Waals surface area contributed by atoms with Gasteiger partial charge in [-0.1, -0.05) is 34.8 Å². The van der Waals surface area contributed by atoms with Gasteiger partial charge in [0.1, 0.15) is 5.82 Å². The summed E-state index contributed by atoms with van der Waals surface area (Å²) in [4.78, 5) is 32.8. The summed E-state index contributed by atoms with van der Waals surface area (Å²) in [6.45, 7) is 2.59. The molecule has 2 aromatic heterocycles. The van der Waals surface area contributed by atoms with E-state index < -0.39 is 5.76 Å². The van der Waals surface area contributed by atoms with Crippen LogP contribution < -0.4 is 10.7 Å². The summed E-state index contributed by atoms with van der Waals surface area (Å²) in [6.07, 6.45) is 1.76. The zero-order chi connectivity index (χ0) is 20.5.